The highest BCUT2D eigenvalue weighted by Gasteiger charge is 2.32. The van der Waals surface area contributed by atoms with Crippen LogP contribution in [0.2, 0.25) is 0 Å². The Morgan fingerprint density at radius 2 is 1.73 bits per heavy atom. The van der Waals surface area contributed by atoms with Crippen molar-refractivity contribution in [1.29, 1.82) is 0 Å². The van der Waals surface area contributed by atoms with Crippen LogP contribution in [0.5, 0.6) is 0 Å². The topological polar surface area (TPSA) is 108 Å². The first-order chi connectivity index (χ1) is 13.9. The number of nitrogens with one attached hydrogen (secondary N) is 1. The minimum Gasteiger partial charge on any atom is -0.444 e. The number of alkyl halides is 3. The quantitative estimate of drug-likeness (QED) is 0.723. The molecule has 0 bridgehead atoms. The number of aliphatic hydroxyl groups excluding tert-OH is 1. The number of ether oxygens (including phenoxy) is 1. The van der Waals surface area contributed by atoms with Crippen LogP contribution in [-0.4, -0.2) is 76.4 Å². The molecule has 9 nitrogen and oxygen atoms in total. The standard InChI is InChI=1S/C18H26F3N5O4/c1-17(2,3)30-16(29)22-5-4-13(27)14(28)25-6-8-26(9-7-25)15-23-10-12(11-24-15)18(19,20)21/h10-11,13,27H,4-9H2,1-3H3,(H,22,29)/t13-/m1/s1. The van der Waals surface area contributed by atoms with E-state index in [9.17, 15) is 27.9 Å². The van der Waals surface area contributed by atoms with Crippen LogP contribution in [0, 0.1) is 0 Å². The van der Waals surface area contributed by atoms with Gasteiger partial charge in [-0.15, -0.1) is 0 Å². The molecule has 0 aliphatic carbocycles. The molecule has 2 amide bonds. The van der Waals surface area contributed by atoms with Gasteiger partial charge in [-0.2, -0.15) is 13.2 Å². The molecular weight excluding hydrogens is 407 g/mol. The number of piperazine rings is 1. The van der Waals surface area contributed by atoms with Crippen LogP contribution in [-0.2, 0) is 15.7 Å². The van der Waals surface area contributed by atoms with Crippen molar-refractivity contribution in [1.82, 2.24) is 20.2 Å². The lowest BCUT2D eigenvalue weighted by atomic mass is 10.2. The minimum atomic E-state index is -4.50. The summed E-state index contributed by atoms with van der Waals surface area (Å²) in [6.45, 7) is 6.40. The number of rotatable bonds is 5. The first-order valence-electron chi connectivity index (χ1n) is 9.45. The first-order valence-corrected chi connectivity index (χ1v) is 9.45. The molecule has 168 valence electrons. The van der Waals surface area contributed by atoms with Gasteiger partial charge in [0, 0.05) is 45.1 Å². The lowest BCUT2D eigenvalue weighted by Gasteiger charge is -2.35. The predicted molar refractivity (Wildman–Crippen MR) is 101 cm³/mol. The van der Waals surface area contributed by atoms with Gasteiger partial charge >= 0.3 is 12.3 Å². The zero-order chi connectivity index (χ0) is 22.5. The summed E-state index contributed by atoms with van der Waals surface area (Å²) in [5.41, 5.74) is -1.57. The molecule has 30 heavy (non-hydrogen) atoms. The number of carbonyl (C=O) groups excluding carboxylic acids is 2. The van der Waals surface area contributed by atoms with Gasteiger partial charge in [0.15, 0.2) is 0 Å². The Labute approximate surface area is 172 Å². The van der Waals surface area contributed by atoms with Crippen molar-refractivity contribution >= 4 is 17.9 Å². The van der Waals surface area contributed by atoms with Gasteiger partial charge in [-0.05, 0) is 27.2 Å². The fourth-order valence-electron chi connectivity index (χ4n) is 2.72. The van der Waals surface area contributed by atoms with E-state index in [1.807, 2.05) is 0 Å². The second-order valence-corrected chi connectivity index (χ2v) is 7.81. The van der Waals surface area contributed by atoms with Crippen molar-refractivity contribution < 1.29 is 32.6 Å². The van der Waals surface area contributed by atoms with E-state index in [1.54, 1.807) is 25.7 Å². The van der Waals surface area contributed by atoms with Gasteiger partial charge in [0.2, 0.25) is 5.95 Å². The second kappa shape index (κ2) is 9.45. The molecule has 1 aromatic heterocycles. The molecule has 12 heteroatoms. The number of alkyl carbamates (subject to hydrolysis) is 1. The number of nitrogens with zero attached hydrogens (tertiary/aromatic N) is 4. The number of anilines is 1. The van der Waals surface area contributed by atoms with Crippen LogP contribution in [0.1, 0.15) is 32.8 Å². The number of carbonyl (C=O) groups is 2. The average Bonchev–Trinajstić information content (AvgIpc) is 2.65. The summed E-state index contributed by atoms with van der Waals surface area (Å²) < 4.78 is 42.8. The van der Waals surface area contributed by atoms with E-state index in [-0.39, 0.29) is 32.0 Å². The number of aromatic nitrogens is 2. The Balaban J connectivity index is 1.77. The molecule has 1 atom stereocenters. The number of hydrogen-bond donors (Lipinski definition) is 2. The van der Waals surface area contributed by atoms with E-state index in [4.69, 9.17) is 4.74 Å². The van der Waals surface area contributed by atoms with Crippen molar-refractivity contribution in [3.63, 3.8) is 0 Å². The highest BCUT2D eigenvalue weighted by atomic mass is 19.4. The second-order valence-electron chi connectivity index (χ2n) is 7.81. The molecule has 1 aliphatic heterocycles. The molecule has 1 aliphatic rings. The molecule has 2 heterocycles. The number of halogens is 3. The number of amides is 2. The van der Waals surface area contributed by atoms with Crippen molar-refractivity contribution in [2.75, 3.05) is 37.6 Å². The maximum Gasteiger partial charge on any atom is 0.419 e. The molecule has 1 aromatic rings. The maximum absolute atomic E-state index is 12.6. The van der Waals surface area contributed by atoms with E-state index >= 15 is 0 Å². The van der Waals surface area contributed by atoms with E-state index < -0.39 is 35.4 Å². The largest absolute Gasteiger partial charge is 0.444 e. The Bertz CT molecular complexity index is 729. The maximum atomic E-state index is 12.6. The predicted octanol–water partition coefficient (Wildman–Crippen LogP) is 1.42. The van der Waals surface area contributed by atoms with Gasteiger partial charge in [0.1, 0.15) is 11.7 Å². The lowest BCUT2D eigenvalue weighted by molar-refractivity contribution is -0.141. The molecule has 1 fully saturated rings. The molecule has 2 N–H and O–H groups in total. The molecule has 0 saturated carbocycles. The van der Waals surface area contributed by atoms with Gasteiger partial charge < -0.3 is 25.0 Å². The minimum absolute atomic E-state index is 0.0281. The Morgan fingerprint density at radius 3 is 2.23 bits per heavy atom. The molecule has 0 spiro atoms. The molecule has 0 aromatic carbocycles. The van der Waals surface area contributed by atoms with E-state index in [0.717, 1.165) is 12.4 Å². The summed E-state index contributed by atoms with van der Waals surface area (Å²) in [4.78, 5) is 34.5. The van der Waals surface area contributed by atoms with Crippen LogP contribution >= 0.6 is 0 Å². The molecule has 1 saturated heterocycles. The van der Waals surface area contributed by atoms with E-state index in [2.05, 4.69) is 15.3 Å². The fraction of sp³-hybridized carbons (Fsp3) is 0.667. The lowest BCUT2D eigenvalue weighted by Crippen LogP contribution is -2.52. The number of aliphatic hydroxyl groups is 1. The van der Waals surface area contributed by atoms with Gasteiger partial charge in [-0.3, -0.25) is 4.79 Å². The number of hydrogen-bond acceptors (Lipinski definition) is 7. The van der Waals surface area contributed by atoms with E-state index in [0.29, 0.717) is 13.1 Å². The SMILES string of the molecule is CC(C)(C)OC(=O)NCC[C@@H](O)C(=O)N1CCN(c2ncc(C(F)(F)F)cn2)CC1. The third kappa shape index (κ3) is 7.01. The summed E-state index contributed by atoms with van der Waals surface area (Å²) >= 11 is 0. The molecule has 0 unspecified atom stereocenters. The Morgan fingerprint density at radius 1 is 1.17 bits per heavy atom. The van der Waals surface area contributed by atoms with Gasteiger partial charge in [0.25, 0.3) is 5.91 Å². The molecule has 0 radical (unpaired) electrons. The van der Waals surface area contributed by atoms with Gasteiger partial charge in [0.05, 0.1) is 5.56 Å². The monoisotopic (exact) mass is 433 g/mol. The Kier molecular flexibility index (Phi) is 7.45. The van der Waals surface area contributed by atoms with Crippen LogP contribution in [0.4, 0.5) is 23.9 Å². The smallest absolute Gasteiger partial charge is 0.419 e. The van der Waals surface area contributed by atoms with Crippen LogP contribution in [0.25, 0.3) is 0 Å². The van der Waals surface area contributed by atoms with Gasteiger partial charge in [-0.25, -0.2) is 14.8 Å². The highest BCUT2D eigenvalue weighted by molar-refractivity contribution is 5.81. The van der Waals surface area contributed by atoms with Crippen molar-refractivity contribution in [2.24, 2.45) is 0 Å². The first kappa shape index (κ1) is 23.6. The Hall–Kier alpha value is -2.63. The van der Waals surface area contributed by atoms with E-state index in [1.165, 1.54) is 4.90 Å². The van der Waals surface area contributed by atoms with Crippen LogP contribution in [0.3, 0.4) is 0 Å². The summed E-state index contributed by atoms with van der Waals surface area (Å²) in [6.07, 6.45) is -4.94. The zero-order valence-electron chi connectivity index (χ0n) is 17.1. The summed E-state index contributed by atoms with van der Waals surface area (Å²) in [5, 5.41) is 12.6. The molecule has 2 rings (SSSR count). The van der Waals surface area contributed by atoms with Crippen LogP contribution in [0.15, 0.2) is 12.4 Å². The zero-order valence-corrected chi connectivity index (χ0v) is 17.1. The normalized spacial score (nSPS) is 16.2. The third-order valence-electron chi connectivity index (χ3n) is 4.21. The van der Waals surface area contributed by atoms with Crippen LogP contribution < -0.4 is 10.2 Å². The van der Waals surface area contributed by atoms with Gasteiger partial charge in [-0.1, -0.05) is 0 Å². The summed E-state index contributed by atoms with van der Waals surface area (Å²) in [6, 6.07) is 0. The van der Waals surface area contributed by atoms with Crippen molar-refractivity contribution in [2.45, 2.75) is 45.1 Å². The van der Waals surface area contributed by atoms with Crippen molar-refractivity contribution in [3.05, 3.63) is 18.0 Å². The average molecular weight is 433 g/mol. The third-order valence-corrected chi connectivity index (χ3v) is 4.21. The summed E-state index contributed by atoms with van der Waals surface area (Å²) in [5.74, 6) is -0.328. The highest BCUT2D eigenvalue weighted by Crippen LogP contribution is 2.28. The molecular formula is C18H26F3N5O4. The summed E-state index contributed by atoms with van der Waals surface area (Å²) in [7, 11) is 0. The fourth-order valence-corrected chi connectivity index (χ4v) is 2.72. The van der Waals surface area contributed by atoms with Crippen molar-refractivity contribution in [3.8, 4) is 0 Å².